The molecule has 7 heteroatoms. The third kappa shape index (κ3) is 6.72. The van der Waals surface area contributed by atoms with Crippen molar-refractivity contribution < 1.29 is 0 Å². The SMILES string of the molecule is CCNC(=NCc1c(C)nn(C)c1C)NCCC1CCN(CC)CC1.I. The van der Waals surface area contributed by atoms with Crippen molar-refractivity contribution in [3.63, 3.8) is 0 Å². The Morgan fingerprint density at radius 3 is 2.42 bits per heavy atom. The molecule has 150 valence electrons. The number of hydrogen-bond donors (Lipinski definition) is 2. The predicted octanol–water partition coefficient (Wildman–Crippen LogP) is 2.83. The lowest BCUT2D eigenvalue weighted by Gasteiger charge is -2.31. The molecule has 2 heterocycles. The van der Waals surface area contributed by atoms with Gasteiger partial charge in [-0.2, -0.15) is 5.10 Å². The lowest BCUT2D eigenvalue weighted by Crippen LogP contribution is -2.39. The van der Waals surface area contributed by atoms with Gasteiger partial charge in [0.25, 0.3) is 0 Å². The third-order valence-corrected chi connectivity index (χ3v) is 5.40. The van der Waals surface area contributed by atoms with Crippen molar-refractivity contribution in [2.24, 2.45) is 18.0 Å². The lowest BCUT2D eigenvalue weighted by atomic mass is 9.93. The fourth-order valence-corrected chi connectivity index (χ4v) is 3.53. The fraction of sp³-hybridized carbons (Fsp3) is 0.789. The van der Waals surface area contributed by atoms with Gasteiger partial charge in [0.1, 0.15) is 0 Å². The Morgan fingerprint density at radius 1 is 1.19 bits per heavy atom. The van der Waals surface area contributed by atoms with Crippen LogP contribution in [0.5, 0.6) is 0 Å². The van der Waals surface area contributed by atoms with E-state index in [9.17, 15) is 0 Å². The van der Waals surface area contributed by atoms with Crippen LogP contribution in [-0.2, 0) is 13.6 Å². The van der Waals surface area contributed by atoms with E-state index in [0.29, 0.717) is 6.54 Å². The molecule has 0 aliphatic carbocycles. The molecule has 0 saturated carbocycles. The first kappa shape index (κ1) is 23.2. The third-order valence-electron chi connectivity index (χ3n) is 5.40. The molecule has 1 aromatic heterocycles. The molecule has 0 amide bonds. The maximum absolute atomic E-state index is 4.76. The number of aliphatic imine (C=N–C) groups is 1. The minimum absolute atomic E-state index is 0. The maximum Gasteiger partial charge on any atom is 0.191 e. The number of aromatic nitrogens is 2. The summed E-state index contributed by atoms with van der Waals surface area (Å²) in [6, 6.07) is 0. The summed E-state index contributed by atoms with van der Waals surface area (Å²) in [5.74, 6) is 1.76. The molecule has 1 aliphatic rings. The summed E-state index contributed by atoms with van der Waals surface area (Å²) in [4.78, 5) is 7.31. The van der Waals surface area contributed by atoms with Crippen molar-refractivity contribution in [3.8, 4) is 0 Å². The Bertz CT molecular complexity index is 561. The molecule has 1 aliphatic heterocycles. The van der Waals surface area contributed by atoms with Crippen LogP contribution in [0.25, 0.3) is 0 Å². The molecule has 2 rings (SSSR count). The van der Waals surface area contributed by atoms with Crippen molar-refractivity contribution in [3.05, 3.63) is 17.0 Å². The highest BCUT2D eigenvalue weighted by molar-refractivity contribution is 14.0. The van der Waals surface area contributed by atoms with Crippen molar-refractivity contribution in [2.45, 2.75) is 53.5 Å². The lowest BCUT2D eigenvalue weighted by molar-refractivity contribution is 0.187. The fourth-order valence-electron chi connectivity index (χ4n) is 3.53. The van der Waals surface area contributed by atoms with Gasteiger partial charge in [0.05, 0.1) is 12.2 Å². The maximum atomic E-state index is 4.76. The van der Waals surface area contributed by atoms with Gasteiger partial charge in [-0.1, -0.05) is 6.92 Å². The van der Waals surface area contributed by atoms with E-state index in [2.05, 4.69) is 48.3 Å². The molecular formula is C19H37IN6. The zero-order valence-corrected chi connectivity index (χ0v) is 19.5. The number of likely N-dealkylation sites (tertiary alicyclic amines) is 1. The summed E-state index contributed by atoms with van der Waals surface area (Å²) in [6.07, 6.45) is 3.89. The molecule has 1 aromatic rings. The van der Waals surface area contributed by atoms with Gasteiger partial charge in [-0.25, -0.2) is 4.99 Å². The van der Waals surface area contributed by atoms with E-state index >= 15 is 0 Å². The van der Waals surface area contributed by atoms with E-state index in [-0.39, 0.29) is 24.0 Å². The number of nitrogens with zero attached hydrogens (tertiary/aromatic N) is 4. The summed E-state index contributed by atoms with van der Waals surface area (Å²) in [5.41, 5.74) is 3.49. The largest absolute Gasteiger partial charge is 0.357 e. The minimum Gasteiger partial charge on any atom is -0.357 e. The van der Waals surface area contributed by atoms with Gasteiger partial charge in [0, 0.05) is 31.4 Å². The zero-order valence-electron chi connectivity index (χ0n) is 17.1. The van der Waals surface area contributed by atoms with Crippen LogP contribution in [0.1, 0.15) is 50.1 Å². The average molecular weight is 476 g/mol. The summed E-state index contributed by atoms with van der Waals surface area (Å²) in [5, 5.41) is 11.3. The monoisotopic (exact) mass is 476 g/mol. The first-order valence-corrected chi connectivity index (χ1v) is 9.78. The van der Waals surface area contributed by atoms with Gasteiger partial charge in [0.15, 0.2) is 5.96 Å². The van der Waals surface area contributed by atoms with Crippen LogP contribution in [0.2, 0.25) is 0 Å². The van der Waals surface area contributed by atoms with Crippen LogP contribution in [0.15, 0.2) is 4.99 Å². The number of rotatable bonds is 7. The van der Waals surface area contributed by atoms with E-state index in [4.69, 9.17) is 4.99 Å². The van der Waals surface area contributed by atoms with Crippen molar-refractivity contribution >= 4 is 29.9 Å². The van der Waals surface area contributed by atoms with Gasteiger partial charge in [0.2, 0.25) is 0 Å². The minimum atomic E-state index is 0. The molecule has 0 aromatic carbocycles. The van der Waals surface area contributed by atoms with E-state index in [1.54, 1.807) is 0 Å². The van der Waals surface area contributed by atoms with E-state index < -0.39 is 0 Å². The molecule has 0 spiro atoms. The Balaban J connectivity index is 0.00000338. The topological polar surface area (TPSA) is 57.5 Å². The molecule has 1 fully saturated rings. The second-order valence-electron chi connectivity index (χ2n) is 7.06. The van der Waals surface area contributed by atoms with Crippen LogP contribution in [-0.4, -0.2) is 53.4 Å². The summed E-state index contributed by atoms with van der Waals surface area (Å²) in [7, 11) is 1.99. The molecule has 6 nitrogen and oxygen atoms in total. The first-order chi connectivity index (χ1) is 12.0. The number of aryl methyl sites for hydroxylation is 2. The van der Waals surface area contributed by atoms with Crippen molar-refractivity contribution in [2.75, 3.05) is 32.7 Å². The van der Waals surface area contributed by atoms with Crippen molar-refractivity contribution in [1.82, 2.24) is 25.3 Å². The smallest absolute Gasteiger partial charge is 0.191 e. The average Bonchev–Trinajstić information content (AvgIpc) is 2.85. The molecule has 0 unspecified atom stereocenters. The molecule has 0 radical (unpaired) electrons. The molecule has 0 bridgehead atoms. The Hall–Kier alpha value is -0.830. The van der Waals surface area contributed by atoms with Gasteiger partial charge >= 0.3 is 0 Å². The van der Waals surface area contributed by atoms with Gasteiger partial charge in [-0.15, -0.1) is 24.0 Å². The standard InChI is InChI=1S/C19H36N6.HI/c1-6-20-19(22-14-18-15(3)23-24(5)16(18)4)21-11-8-17-9-12-25(7-2)13-10-17;/h17H,6-14H2,1-5H3,(H2,20,21,22);1H. The van der Waals surface area contributed by atoms with Crippen LogP contribution < -0.4 is 10.6 Å². The molecule has 0 atom stereocenters. The zero-order chi connectivity index (χ0) is 18.2. The Morgan fingerprint density at radius 2 is 1.88 bits per heavy atom. The first-order valence-electron chi connectivity index (χ1n) is 9.78. The number of hydrogen-bond acceptors (Lipinski definition) is 3. The van der Waals surface area contributed by atoms with E-state index in [0.717, 1.165) is 30.7 Å². The van der Waals surface area contributed by atoms with Gasteiger partial charge < -0.3 is 15.5 Å². The van der Waals surface area contributed by atoms with Crippen LogP contribution in [0.4, 0.5) is 0 Å². The second kappa shape index (κ2) is 11.8. The van der Waals surface area contributed by atoms with Crippen LogP contribution in [0.3, 0.4) is 0 Å². The number of halogens is 1. The number of piperidine rings is 1. The molecule has 1 saturated heterocycles. The highest BCUT2D eigenvalue weighted by Gasteiger charge is 2.17. The molecule has 26 heavy (non-hydrogen) atoms. The highest BCUT2D eigenvalue weighted by atomic mass is 127. The van der Waals surface area contributed by atoms with Crippen LogP contribution >= 0.6 is 24.0 Å². The van der Waals surface area contributed by atoms with E-state index in [1.807, 2.05) is 11.7 Å². The van der Waals surface area contributed by atoms with Gasteiger partial charge in [-0.3, -0.25) is 4.68 Å². The predicted molar refractivity (Wildman–Crippen MR) is 120 cm³/mol. The normalized spacial score (nSPS) is 16.4. The Kier molecular flexibility index (Phi) is 10.5. The summed E-state index contributed by atoms with van der Waals surface area (Å²) in [6.45, 7) is 14.8. The number of nitrogens with one attached hydrogen (secondary N) is 2. The Labute approximate surface area is 176 Å². The molecular weight excluding hydrogens is 439 g/mol. The second-order valence-corrected chi connectivity index (χ2v) is 7.06. The highest BCUT2D eigenvalue weighted by Crippen LogP contribution is 2.19. The van der Waals surface area contributed by atoms with Crippen LogP contribution in [0, 0.1) is 19.8 Å². The summed E-state index contributed by atoms with van der Waals surface area (Å²) >= 11 is 0. The van der Waals surface area contributed by atoms with E-state index in [1.165, 1.54) is 50.2 Å². The van der Waals surface area contributed by atoms with Crippen molar-refractivity contribution in [1.29, 1.82) is 0 Å². The quantitative estimate of drug-likeness (QED) is 0.361. The summed E-state index contributed by atoms with van der Waals surface area (Å²) < 4.78 is 1.93. The molecule has 2 N–H and O–H groups in total. The van der Waals surface area contributed by atoms with Gasteiger partial charge in [-0.05, 0) is 65.6 Å². The number of guanidine groups is 1.